The number of aromatic nitrogens is 1. The summed E-state index contributed by atoms with van der Waals surface area (Å²) in [6, 6.07) is 9.88. The number of ether oxygens (including phenoxy) is 3. The predicted octanol–water partition coefficient (Wildman–Crippen LogP) is 4.99. The third kappa shape index (κ3) is 6.11. The number of rotatable bonds is 7. The van der Waals surface area contributed by atoms with Gasteiger partial charge >= 0.3 is 0 Å². The van der Waals surface area contributed by atoms with Gasteiger partial charge in [-0.05, 0) is 73.7 Å². The van der Waals surface area contributed by atoms with Crippen LogP contribution in [0.4, 0.5) is 20.3 Å². The largest absolute Gasteiger partial charge is 0.456 e. The monoisotopic (exact) mass is 625 g/mol. The number of carbonyl (C=O) groups excluding carboxylic acids is 1. The second kappa shape index (κ2) is 10.8. The molecule has 2 N–H and O–H groups in total. The van der Waals surface area contributed by atoms with Crippen molar-refractivity contribution in [3.63, 3.8) is 0 Å². The maximum atomic E-state index is 14.7. The molecule has 0 radical (unpaired) electrons. The molecule has 1 saturated heterocycles. The molecule has 3 aromatic rings. The molecule has 196 valence electrons. The molecule has 1 atom stereocenters. The Kier molecular flexibility index (Phi) is 7.85. The van der Waals surface area contributed by atoms with E-state index in [2.05, 4.69) is 10.6 Å². The fraction of sp³-hybridized carbons (Fsp3) is 0.308. The van der Waals surface area contributed by atoms with Crippen LogP contribution in [0.5, 0.6) is 11.5 Å². The number of anilines is 2. The Balaban J connectivity index is 1.77. The zero-order valence-corrected chi connectivity index (χ0v) is 22.8. The smallest absolute Gasteiger partial charge is 0.258 e. The van der Waals surface area contributed by atoms with Crippen molar-refractivity contribution in [2.45, 2.75) is 32.7 Å². The van der Waals surface area contributed by atoms with Crippen molar-refractivity contribution in [3.8, 4) is 11.5 Å². The van der Waals surface area contributed by atoms with Crippen LogP contribution in [-0.4, -0.2) is 35.5 Å². The number of nitrogens with one attached hydrogen (secondary N) is 2. The molecule has 0 aliphatic carbocycles. The van der Waals surface area contributed by atoms with Crippen molar-refractivity contribution >= 4 is 40.0 Å². The minimum absolute atomic E-state index is 0.00177. The van der Waals surface area contributed by atoms with E-state index in [1.54, 1.807) is 19.9 Å². The average Bonchev–Trinajstić information content (AvgIpc) is 3.18. The van der Waals surface area contributed by atoms with Crippen molar-refractivity contribution in [1.29, 1.82) is 0 Å². The third-order valence-electron chi connectivity index (χ3n) is 5.81. The molecule has 11 heteroatoms. The second-order valence-electron chi connectivity index (χ2n) is 9.00. The Morgan fingerprint density at radius 3 is 2.62 bits per heavy atom. The first-order valence-electron chi connectivity index (χ1n) is 11.4. The lowest BCUT2D eigenvalue weighted by Gasteiger charge is -2.21. The van der Waals surface area contributed by atoms with E-state index in [-0.39, 0.29) is 47.3 Å². The molecule has 1 fully saturated rings. The Labute approximate surface area is 226 Å². The van der Waals surface area contributed by atoms with Gasteiger partial charge in [-0.1, -0.05) is 6.07 Å². The second-order valence-corrected chi connectivity index (χ2v) is 10.3. The summed E-state index contributed by atoms with van der Waals surface area (Å²) in [6.07, 6.45) is -0.397. The van der Waals surface area contributed by atoms with Gasteiger partial charge in [-0.3, -0.25) is 14.2 Å². The zero-order chi connectivity index (χ0) is 26.9. The molecule has 4 rings (SSSR count). The lowest BCUT2D eigenvalue weighted by atomic mass is 10.1. The first-order chi connectivity index (χ1) is 17.4. The Morgan fingerprint density at radius 2 is 1.95 bits per heavy atom. The van der Waals surface area contributed by atoms with Crippen LogP contribution in [0, 0.1) is 22.1 Å². The molecule has 1 aliphatic heterocycles. The molecule has 1 amide bonds. The Hall–Kier alpha value is -3.03. The van der Waals surface area contributed by atoms with Crippen LogP contribution in [-0.2, 0) is 16.5 Å². The molecular weight excluding hydrogens is 599 g/mol. The van der Waals surface area contributed by atoms with Crippen LogP contribution in [0.15, 0.2) is 47.3 Å². The van der Waals surface area contributed by atoms with Crippen LogP contribution in [0.1, 0.15) is 29.8 Å². The first-order valence-corrected chi connectivity index (χ1v) is 12.5. The third-order valence-corrected chi connectivity index (χ3v) is 6.48. The fourth-order valence-corrected chi connectivity index (χ4v) is 4.27. The van der Waals surface area contributed by atoms with Crippen LogP contribution in [0.25, 0.3) is 0 Å². The molecular formula is C26H26F2IN3O5. The summed E-state index contributed by atoms with van der Waals surface area (Å²) >= 11 is 1.98. The number of pyridine rings is 1. The van der Waals surface area contributed by atoms with Crippen molar-refractivity contribution < 1.29 is 27.8 Å². The van der Waals surface area contributed by atoms with Gasteiger partial charge in [-0.2, -0.15) is 0 Å². The molecule has 0 bridgehead atoms. The number of carbonyl (C=O) groups is 1. The molecule has 8 nitrogen and oxygen atoms in total. The van der Waals surface area contributed by atoms with Gasteiger partial charge in [-0.25, -0.2) is 8.78 Å². The average molecular weight is 625 g/mol. The predicted molar refractivity (Wildman–Crippen MR) is 143 cm³/mol. The van der Waals surface area contributed by atoms with Gasteiger partial charge in [-0.15, -0.1) is 0 Å². The summed E-state index contributed by atoms with van der Waals surface area (Å²) in [5.41, 5.74) is -0.338. The summed E-state index contributed by atoms with van der Waals surface area (Å²) in [5.74, 6) is -2.46. The molecule has 1 aromatic heterocycles. The molecule has 0 spiro atoms. The first kappa shape index (κ1) is 27.0. The Bertz CT molecular complexity index is 1410. The molecule has 2 heterocycles. The lowest BCUT2D eigenvalue weighted by Crippen LogP contribution is -2.36. The molecule has 2 aromatic carbocycles. The van der Waals surface area contributed by atoms with Crippen molar-refractivity contribution in [3.05, 3.63) is 79.1 Å². The maximum absolute atomic E-state index is 14.7. The van der Waals surface area contributed by atoms with E-state index in [0.717, 1.165) is 6.07 Å². The van der Waals surface area contributed by atoms with E-state index in [4.69, 9.17) is 14.2 Å². The van der Waals surface area contributed by atoms with Gasteiger partial charge in [0, 0.05) is 28.8 Å². The number of amides is 1. The quantitative estimate of drug-likeness (QED) is 0.360. The van der Waals surface area contributed by atoms with E-state index in [9.17, 15) is 18.4 Å². The van der Waals surface area contributed by atoms with E-state index in [0.29, 0.717) is 3.57 Å². The summed E-state index contributed by atoms with van der Waals surface area (Å²) < 4.78 is 47.9. The number of hydrogen-bond acceptors (Lipinski definition) is 6. The van der Waals surface area contributed by atoms with Crippen LogP contribution < -0.4 is 20.9 Å². The number of hydrogen-bond donors (Lipinski definition) is 2. The van der Waals surface area contributed by atoms with Gasteiger partial charge in [0.25, 0.3) is 11.5 Å². The van der Waals surface area contributed by atoms with Gasteiger partial charge < -0.3 is 24.8 Å². The minimum atomic E-state index is -0.774. The highest BCUT2D eigenvalue weighted by Gasteiger charge is 2.33. The summed E-state index contributed by atoms with van der Waals surface area (Å²) in [6.45, 7) is 5.45. The number of halogens is 3. The minimum Gasteiger partial charge on any atom is -0.456 e. The standard InChI is InChI=1S/C26H26F2IN3O5/c1-14-17(27)6-5-7-20(14)36-21-11-22(33)32(4)24(31-19-9-8-15(29)10-18(19)28)23(21)25(34)30-12-16-13-35-26(2,3)37-16/h5-11,16,31H,12-13H2,1-4H3,(H,30,34). The number of benzene rings is 2. The lowest BCUT2D eigenvalue weighted by molar-refractivity contribution is -0.137. The van der Waals surface area contributed by atoms with Crippen molar-refractivity contribution in [2.75, 3.05) is 18.5 Å². The molecule has 1 unspecified atom stereocenters. The number of nitrogens with zero attached hydrogens (tertiary/aromatic N) is 1. The highest BCUT2D eigenvalue weighted by atomic mass is 127. The topological polar surface area (TPSA) is 90.8 Å². The SMILES string of the molecule is Cc1c(F)cccc1Oc1cc(=O)n(C)c(Nc2ccc(I)cc2F)c1C(=O)NCC1COC(C)(C)O1. The molecule has 0 saturated carbocycles. The van der Waals surface area contributed by atoms with Crippen LogP contribution >= 0.6 is 22.6 Å². The summed E-state index contributed by atoms with van der Waals surface area (Å²) in [7, 11) is 1.44. The van der Waals surface area contributed by atoms with Gasteiger partial charge in [0.2, 0.25) is 0 Å². The van der Waals surface area contributed by atoms with E-state index in [1.807, 2.05) is 22.6 Å². The Morgan fingerprint density at radius 1 is 1.19 bits per heavy atom. The fourth-order valence-electron chi connectivity index (χ4n) is 3.82. The molecule has 37 heavy (non-hydrogen) atoms. The van der Waals surface area contributed by atoms with E-state index in [1.165, 1.54) is 48.9 Å². The maximum Gasteiger partial charge on any atom is 0.258 e. The highest BCUT2D eigenvalue weighted by molar-refractivity contribution is 14.1. The molecule has 1 aliphatic rings. The summed E-state index contributed by atoms with van der Waals surface area (Å²) in [4.78, 5) is 26.4. The normalized spacial score (nSPS) is 16.5. The van der Waals surface area contributed by atoms with E-state index >= 15 is 0 Å². The van der Waals surface area contributed by atoms with Crippen LogP contribution in [0.2, 0.25) is 0 Å². The zero-order valence-electron chi connectivity index (χ0n) is 20.7. The highest BCUT2D eigenvalue weighted by Crippen LogP contribution is 2.33. The van der Waals surface area contributed by atoms with Gasteiger partial charge in [0.05, 0.1) is 12.3 Å². The van der Waals surface area contributed by atoms with Gasteiger partial charge in [0.1, 0.15) is 40.6 Å². The van der Waals surface area contributed by atoms with Gasteiger partial charge in [0.15, 0.2) is 5.79 Å². The van der Waals surface area contributed by atoms with E-state index < -0.39 is 35.0 Å². The summed E-state index contributed by atoms with van der Waals surface area (Å²) in [5, 5.41) is 5.64. The van der Waals surface area contributed by atoms with Crippen molar-refractivity contribution in [2.24, 2.45) is 7.05 Å². The van der Waals surface area contributed by atoms with Crippen molar-refractivity contribution in [1.82, 2.24) is 9.88 Å². The van der Waals surface area contributed by atoms with Crippen LogP contribution in [0.3, 0.4) is 0 Å².